The van der Waals surface area contributed by atoms with Crippen molar-refractivity contribution in [1.29, 1.82) is 0 Å². The van der Waals surface area contributed by atoms with Crippen LogP contribution in [0.15, 0.2) is 54.2 Å². The quantitative estimate of drug-likeness (QED) is 0.0151. The van der Waals surface area contributed by atoms with E-state index in [0.29, 0.717) is 63.1 Å². The molecule has 2 bridgehead atoms. The molecule has 9 amide bonds. The molecule has 0 saturated heterocycles. The number of benzene rings is 1. The molecule has 4 aromatic rings. The number of aryl methyl sites for hydroxylation is 1. The smallest absolute Gasteiger partial charge is 0.246 e. The monoisotopic (exact) mass is 1200 g/mol. The van der Waals surface area contributed by atoms with Crippen molar-refractivity contribution in [2.24, 2.45) is 27.9 Å². The van der Waals surface area contributed by atoms with Gasteiger partial charge in [-0.2, -0.15) is 0 Å². The number of unbranched alkanes of at least 4 members (excludes halogenated alkanes) is 2. The lowest BCUT2D eigenvalue weighted by Crippen LogP contribution is -2.58. The number of para-hydroxylation sites is 1. The van der Waals surface area contributed by atoms with E-state index in [0.717, 1.165) is 23.7 Å². The Labute approximate surface area is 497 Å². The third-order valence-electron chi connectivity index (χ3n) is 13.7. The van der Waals surface area contributed by atoms with E-state index in [-0.39, 0.29) is 102 Å². The first-order valence-electron chi connectivity index (χ1n) is 29.1. The normalized spacial score (nSPS) is 19.8. The van der Waals surface area contributed by atoms with Gasteiger partial charge in [0, 0.05) is 80.5 Å². The molecular formula is C55H85N19O12. The fourth-order valence-electron chi connectivity index (χ4n) is 9.11. The highest BCUT2D eigenvalue weighted by atomic mass is 16.5. The number of aromatic nitrogens is 6. The molecule has 0 fully saturated rings. The van der Waals surface area contributed by atoms with Gasteiger partial charge in [-0.15, -0.1) is 5.10 Å². The van der Waals surface area contributed by atoms with Crippen LogP contribution in [0.25, 0.3) is 10.9 Å². The molecule has 0 spiro atoms. The van der Waals surface area contributed by atoms with Crippen molar-refractivity contribution >= 4 is 70.0 Å². The van der Waals surface area contributed by atoms with Crippen LogP contribution in [0.1, 0.15) is 94.5 Å². The van der Waals surface area contributed by atoms with Crippen LogP contribution in [-0.2, 0) is 83.2 Å². The van der Waals surface area contributed by atoms with Gasteiger partial charge in [-0.25, -0.2) is 4.98 Å². The maximum Gasteiger partial charge on any atom is 0.246 e. The van der Waals surface area contributed by atoms with Crippen molar-refractivity contribution in [2.45, 2.75) is 140 Å². The van der Waals surface area contributed by atoms with Crippen LogP contribution in [0, 0.1) is 0 Å². The van der Waals surface area contributed by atoms with Gasteiger partial charge in [0.15, 0.2) is 5.96 Å². The average Bonchev–Trinajstić information content (AvgIpc) is 3.98. The zero-order valence-electron chi connectivity index (χ0n) is 48.7. The van der Waals surface area contributed by atoms with Gasteiger partial charge in [0.2, 0.25) is 53.2 Å². The molecule has 31 nitrogen and oxygen atoms in total. The van der Waals surface area contributed by atoms with Crippen LogP contribution in [0.4, 0.5) is 0 Å². The molecule has 86 heavy (non-hydrogen) atoms. The number of fused-ring (bicyclic) bond motifs is 3. The number of guanidine groups is 1. The number of nitrogens with one attached hydrogen (secondary N) is 10. The van der Waals surface area contributed by atoms with Gasteiger partial charge in [-0.05, 0) is 76.0 Å². The summed E-state index contributed by atoms with van der Waals surface area (Å²) in [6, 6.07) is -0.465. The zero-order chi connectivity index (χ0) is 62.1. The Morgan fingerprint density at radius 1 is 0.756 bits per heavy atom. The second-order valence-corrected chi connectivity index (χ2v) is 20.6. The van der Waals surface area contributed by atoms with Crippen LogP contribution in [0.5, 0.6) is 0 Å². The molecule has 472 valence electrons. The molecule has 3 aromatic heterocycles. The van der Waals surface area contributed by atoms with E-state index in [9.17, 15) is 43.2 Å². The second-order valence-electron chi connectivity index (χ2n) is 20.6. The highest BCUT2D eigenvalue weighted by molar-refractivity contribution is 5.97. The highest BCUT2D eigenvalue weighted by Crippen LogP contribution is 2.20. The van der Waals surface area contributed by atoms with E-state index in [1.165, 1.54) is 17.2 Å². The number of aromatic amines is 2. The molecular weight excluding hydrogens is 1120 g/mol. The summed E-state index contributed by atoms with van der Waals surface area (Å²) in [5.74, 6) is -6.49. The number of carbonyl (C=O) groups is 9. The van der Waals surface area contributed by atoms with Gasteiger partial charge >= 0.3 is 0 Å². The number of ether oxygens (including phenoxy) is 3. The van der Waals surface area contributed by atoms with Gasteiger partial charge in [0.25, 0.3) is 0 Å². The molecule has 1 aromatic carbocycles. The van der Waals surface area contributed by atoms with Crippen LogP contribution in [-0.4, -0.2) is 191 Å². The summed E-state index contributed by atoms with van der Waals surface area (Å²) in [5.41, 5.74) is 24.8. The summed E-state index contributed by atoms with van der Waals surface area (Å²) in [6.07, 6.45) is 9.83. The van der Waals surface area contributed by atoms with Gasteiger partial charge < -0.3 is 89.6 Å². The van der Waals surface area contributed by atoms with E-state index < -0.39 is 96.7 Å². The first kappa shape index (κ1) is 68.2. The fraction of sp³-hybridized carbons (Fsp3) is 0.582. The van der Waals surface area contributed by atoms with E-state index >= 15 is 0 Å². The number of rotatable bonds is 28. The minimum atomic E-state index is -1.40. The van der Waals surface area contributed by atoms with E-state index in [2.05, 4.69) is 72.8 Å². The number of hydrogen-bond donors (Lipinski definition) is 14. The summed E-state index contributed by atoms with van der Waals surface area (Å²) >= 11 is 0. The van der Waals surface area contributed by atoms with Crippen LogP contribution in [0.2, 0.25) is 0 Å². The van der Waals surface area contributed by atoms with Gasteiger partial charge in [0.05, 0.1) is 51.6 Å². The van der Waals surface area contributed by atoms with E-state index in [4.69, 9.17) is 37.1 Å². The van der Waals surface area contributed by atoms with E-state index in [1.807, 2.05) is 31.2 Å². The molecule has 6 atom stereocenters. The Hall–Kier alpha value is -8.55. The molecule has 4 heterocycles. The minimum Gasteiger partial charge on any atom is -0.377 e. The molecule has 1 aliphatic heterocycles. The molecule has 1 aliphatic rings. The maximum atomic E-state index is 14.5. The number of nitrogens with zero attached hydrogens (tertiary/aromatic N) is 5. The molecule has 31 heteroatoms. The fourth-order valence-corrected chi connectivity index (χ4v) is 9.11. The number of nitrogens with two attached hydrogens (primary N) is 4. The zero-order valence-corrected chi connectivity index (χ0v) is 48.7. The second kappa shape index (κ2) is 37.7. The average molecular weight is 1200 g/mol. The Morgan fingerprint density at radius 3 is 2.19 bits per heavy atom. The number of imidazole rings is 1. The number of carbonyl (C=O) groups excluding carboxylic acids is 9. The Bertz CT molecular complexity index is 2820. The van der Waals surface area contributed by atoms with Gasteiger partial charge in [-0.1, -0.05) is 36.8 Å². The first-order valence-corrected chi connectivity index (χ1v) is 29.1. The van der Waals surface area contributed by atoms with Gasteiger partial charge in [0.1, 0.15) is 42.9 Å². The molecule has 0 aliphatic carbocycles. The number of aliphatic imine (C=N–C) groups is 1. The lowest BCUT2D eigenvalue weighted by atomic mass is 10.0. The third kappa shape index (κ3) is 25.0. The van der Waals surface area contributed by atoms with Gasteiger partial charge in [-0.3, -0.25) is 52.8 Å². The number of primary amides is 1. The van der Waals surface area contributed by atoms with Crippen molar-refractivity contribution in [3.63, 3.8) is 0 Å². The molecule has 18 N–H and O–H groups in total. The SMILES string of the molecule is CCCCC(=O)NCCOCCOCCOCC(=O)NC1Cc2cn(nn2)CCCCC(C(N)=O)NC(=O)C(CCCCN)NC(=O)C(Cc2c[nH]c3ccccc23)NC(=O)CNC(=O)C(Cc2cnc[nH]2)NC(=O)C(CCCN=C(N)N)NC1=O. The summed E-state index contributed by atoms with van der Waals surface area (Å²) in [5, 5.41) is 30.8. The van der Waals surface area contributed by atoms with Crippen molar-refractivity contribution in [3.8, 4) is 0 Å². The highest BCUT2D eigenvalue weighted by Gasteiger charge is 2.33. The lowest BCUT2D eigenvalue weighted by Gasteiger charge is -2.26. The Balaban J connectivity index is 1.38. The van der Waals surface area contributed by atoms with Crippen LogP contribution >= 0.6 is 0 Å². The molecule has 0 radical (unpaired) electrons. The van der Waals surface area contributed by atoms with Crippen molar-refractivity contribution in [3.05, 3.63) is 66.1 Å². The molecule has 5 rings (SSSR count). The first-order chi connectivity index (χ1) is 41.5. The Kier molecular flexibility index (Phi) is 29.9. The number of H-pyrrole nitrogens is 2. The summed E-state index contributed by atoms with van der Waals surface area (Å²) in [7, 11) is 0. The summed E-state index contributed by atoms with van der Waals surface area (Å²) in [6.45, 7) is 2.76. The lowest BCUT2D eigenvalue weighted by molar-refractivity contribution is -0.135. The minimum absolute atomic E-state index is 0.00756. The summed E-state index contributed by atoms with van der Waals surface area (Å²) in [4.78, 5) is 138. The Morgan fingerprint density at radius 2 is 1.45 bits per heavy atom. The predicted molar refractivity (Wildman–Crippen MR) is 313 cm³/mol. The standard InChI is InChI=1S/C55H85N19O12/c1-2-3-16-46(75)61-19-21-84-22-23-85-24-25-86-33-48(77)67-45-28-37-32-74(73-72-37)20-9-7-13-40(49(57)78)68-51(80)41(14-6-8-17-56)69-53(82)43(26-35-29-63-39-12-5-4-11-38(35)39)66-47(76)31-64-50(79)44(27-36-30-60-34-65-36)71-52(81)42(70-54(45)83)15-10-18-62-55(58)59/h4-5,11-12,29-30,32,34,40-45,63H,2-3,6-10,13-28,31,33,56H2,1H3,(H2,57,78)(H,60,65)(H,61,75)(H,64,79)(H,66,76)(H,67,77)(H,68,80)(H,69,82)(H,70,83)(H,71,81)(H4,58,59,62). The van der Waals surface area contributed by atoms with Crippen LogP contribution < -0.4 is 65.5 Å². The van der Waals surface area contributed by atoms with Crippen LogP contribution in [0.3, 0.4) is 0 Å². The number of amides is 9. The van der Waals surface area contributed by atoms with Crippen molar-refractivity contribution < 1.29 is 57.4 Å². The van der Waals surface area contributed by atoms with Crippen molar-refractivity contribution in [2.75, 3.05) is 65.8 Å². The number of hydrogen-bond acceptors (Lipinski definition) is 17. The topological polar surface area (TPSA) is 469 Å². The van der Waals surface area contributed by atoms with Crippen molar-refractivity contribution in [1.82, 2.24) is 72.5 Å². The largest absolute Gasteiger partial charge is 0.377 e. The third-order valence-corrected chi connectivity index (χ3v) is 13.7. The summed E-state index contributed by atoms with van der Waals surface area (Å²) < 4.78 is 18.1. The maximum absolute atomic E-state index is 14.5. The molecule has 6 unspecified atom stereocenters. The van der Waals surface area contributed by atoms with E-state index in [1.54, 1.807) is 12.4 Å². The predicted octanol–water partition coefficient (Wildman–Crippen LogP) is -3.26. The molecule has 0 saturated carbocycles.